The molecular weight excluding hydrogens is 195 g/mol. The van der Waals surface area contributed by atoms with Crippen molar-refractivity contribution < 1.29 is 10.2 Å². The Morgan fingerprint density at radius 2 is 1.43 bits per heavy atom. The Kier molecular flexibility index (Phi) is 4.06. The van der Waals surface area contributed by atoms with E-state index in [4.69, 9.17) is 10.2 Å². The smallest absolute Gasteiger partial charge is 0.0688 e. The zero-order chi connectivity index (χ0) is 10.7. The van der Waals surface area contributed by atoms with Gasteiger partial charge in [0.2, 0.25) is 0 Å². The molecule has 1 rings (SSSR count). The van der Waals surface area contributed by atoms with Crippen LogP contribution in [0.15, 0.2) is 12.1 Å². The maximum Gasteiger partial charge on any atom is 0.0688 e. The molecule has 0 saturated carbocycles. The zero-order valence-electron chi connectivity index (χ0n) is 8.91. The number of aryl methyl sites for hydroxylation is 3. The molecule has 78 valence electrons. The van der Waals surface area contributed by atoms with Crippen molar-refractivity contribution >= 4 is 13.2 Å². The number of hydrogen-bond acceptors (Lipinski definition) is 2. The summed E-state index contributed by atoms with van der Waals surface area (Å²) in [6.07, 6.45) is 0.132. The Morgan fingerprint density at radius 3 is 1.79 bits per heavy atom. The number of rotatable bonds is 3. The third-order valence-electron chi connectivity index (χ3n) is 2.29. The Labute approximate surface area is 86.3 Å². The average molecular weight is 212 g/mol. The molecule has 0 aliphatic carbocycles. The molecule has 0 aromatic heterocycles. The normalized spacial score (nSPS) is 11.0. The molecule has 0 heterocycles. The minimum Gasteiger partial charge on any atom is -0.391 e. The summed E-state index contributed by atoms with van der Waals surface area (Å²) < 4.78 is 0. The third-order valence-corrected chi connectivity index (χ3v) is 4.31. The summed E-state index contributed by atoms with van der Waals surface area (Å²) in [5, 5.41) is 19.5. The fraction of sp³-hybridized carbons (Fsp3) is 0.455. The van der Waals surface area contributed by atoms with E-state index in [-0.39, 0.29) is 12.7 Å². The summed E-state index contributed by atoms with van der Waals surface area (Å²) in [5.74, 6) is 0. The minimum absolute atomic E-state index is 0.0660. The summed E-state index contributed by atoms with van der Waals surface area (Å²) >= 11 is 0. The van der Waals surface area contributed by atoms with Gasteiger partial charge in [-0.25, -0.2) is 0 Å². The van der Waals surface area contributed by atoms with Crippen molar-refractivity contribution in [2.24, 2.45) is 0 Å². The zero-order valence-corrected chi connectivity index (χ0v) is 9.80. The Morgan fingerprint density at radius 1 is 1.00 bits per heavy atom. The van der Waals surface area contributed by atoms with Crippen molar-refractivity contribution in [3.63, 3.8) is 0 Å². The number of aliphatic hydroxyl groups excluding tert-OH is 2. The molecule has 2 nitrogen and oxygen atoms in total. The van der Waals surface area contributed by atoms with Crippen LogP contribution in [-0.2, 0) is 0 Å². The van der Waals surface area contributed by atoms with Crippen LogP contribution in [0, 0.1) is 20.8 Å². The van der Waals surface area contributed by atoms with Crippen molar-refractivity contribution in [3.05, 3.63) is 28.8 Å². The van der Waals surface area contributed by atoms with E-state index < -0.39 is 7.92 Å². The Balaban J connectivity index is 3.19. The second-order valence-electron chi connectivity index (χ2n) is 3.57. The Hall–Kier alpha value is -0.430. The largest absolute Gasteiger partial charge is 0.391 e. The lowest BCUT2D eigenvalue weighted by Crippen LogP contribution is -2.14. The summed E-state index contributed by atoms with van der Waals surface area (Å²) in [4.78, 5) is 0. The summed E-state index contributed by atoms with van der Waals surface area (Å²) in [6, 6.07) is 4.20. The molecule has 0 amide bonds. The van der Waals surface area contributed by atoms with E-state index in [1.54, 1.807) is 0 Å². The van der Waals surface area contributed by atoms with Gasteiger partial charge in [-0.1, -0.05) is 17.7 Å². The lowest BCUT2D eigenvalue weighted by Gasteiger charge is -2.18. The predicted octanol–water partition coefficient (Wildman–Crippen LogP) is 1.62. The lowest BCUT2D eigenvalue weighted by atomic mass is 10.1. The lowest BCUT2D eigenvalue weighted by molar-refractivity contribution is 0.345. The summed E-state index contributed by atoms with van der Waals surface area (Å²) in [5.41, 5.74) is 3.59. The highest BCUT2D eigenvalue weighted by atomic mass is 31.1. The maximum atomic E-state index is 9.17. The molecule has 0 saturated heterocycles. The first-order valence-corrected chi connectivity index (χ1v) is 6.36. The summed E-state index contributed by atoms with van der Waals surface area (Å²) in [7, 11) is -0.794. The van der Waals surface area contributed by atoms with E-state index in [2.05, 4.69) is 19.1 Å². The van der Waals surface area contributed by atoms with Crippen molar-refractivity contribution in [2.75, 3.05) is 12.7 Å². The molecule has 0 fully saturated rings. The van der Waals surface area contributed by atoms with Crippen LogP contribution < -0.4 is 5.30 Å². The second-order valence-corrected chi connectivity index (χ2v) is 5.66. The summed E-state index contributed by atoms with van der Waals surface area (Å²) in [6.45, 7) is 6.13. The van der Waals surface area contributed by atoms with Crippen LogP contribution in [0.25, 0.3) is 0 Å². The van der Waals surface area contributed by atoms with Gasteiger partial charge in [-0.2, -0.15) is 0 Å². The molecular formula is C11H17O2P. The molecule has 3 heteroatoms. The van der Waals surface area contributed by atoms with Crippen LogP contribution >= 0.6 is 7.92 Å². The highest BCUT2D eigenvalue weighted by molar-refractivity contribution is 7.65. The molecule has 0 aliphatic rings. The van der Waals surface area contributed by atoms with Crippen molar-refractivity contribution in [3.8, 4) is 0 Å². The first-order chi connectivity index (χ1) is 6.60. The van der Waals surface area contributed by atoms with Crippen LogP contribution in [0.4, 0.5) is 0 Å². The molecule has 14 heavy (non-hydrogen) atoms. The van der Waals surface area contributed by atoms with Gasteiger partial charge in [0.25, 0.3) is 0 Å². The van der Waals surface area contributed by atoms with E-state index >= 15 is 0 Å². The van der Waals surface area contributed by atoms with Gasteiger partial charge in [0, 0.05) is 0 Å². The predicted molar refractivity (Wildman–Crippen MR) is 61.4 cm³/mol. The van der Waals surface area contributed by atoms with Gasteiger partial charge in [0.05, 0.1) is 12.7 Å². The van der Waals surface area contributed by atoms with E-state index in [1.165, 1.54) is 16.7 Å². The molecule has 1 aromatic carbocycles. The van der Waals surface area contributed by atoms with Crippen molar-refractivity contribution in [1.29, 1.82) is 0 Å². The first-order valence-electron chi connectivity index (χ1n) is 4.64. The Bertz CT molecular complexity index is 296. The van der Waals surface area contributed by atoms with Crippen LogP contribution in [-0.4, -0.2) is 22.9 Å². The van der Waals surface area contributed by atoms with E-state index in [1.807, 2.05) is 13.8 Å². The number of aliphatic hydroxyl groups is 2. The van der Waals surface area contributed by atoms with Crippen LogP contribution in [0.3, 0.4) is 0 Å². The fourth-order valence-electron chi connectivity index (χ4n) is 1.86. The third kappa shape index (κ3) is 2.33. The van der Waals surface area contributed by atoms with Gasteiger partial charge >= 0.3 is 0 Å². The highest BCUT2D eigenvalue weighted by Crippen LogP contribution is 2.34. The molecule has 0 bridgehead atoms. The molecule has 1 aromatic rings. The van der Waals surface area contributed by atoms with Gasteiger partial charge in [-0.05, 0) is 45.1 Å². The molecule has 0 unspecified atom stereocenters. The van der Waals surface area contributed by atoms with Crippen LogP contribution in [0.2, 0.25) is 0 Å². The van der Waals surface area contributed by atoms with Crippen molar-refractivity contribution in [2.45, 2.75) is 20.8 Å². The number of benzene rings is 1. The second kappa shape index (κ2) is 4.88. The average Bonchev–Trinajstić information content (AvgIpc) is 2.10. The first kappa shape index (κ1) is 11.6. The molecule has 0 aliphatic heterocycles. The van der Waals surface area contributed by atoms with E-state index in [0.29, 0.717) is 0 Å². The molecule has 0 spiro atoms. The highest BCUT2D eigenvalue weighted by Gasteiger charge is 2.13. The number of hydrogen-bond donors (Lipinski definition) is 2. The van der Waals surface area contributed by atoms with Gasteiger partial charge < -0.3 is 10.2 Å². The van der Waals surface area contributed by atoms with Crippen LogP contribution in [0.1, 0.15) is 16.7 Å². The quantitative estimate of drug-likeness (QED) is 0.747. The standard InChI is InChI=1S/C11H17O2P/c1-8-4-9(2)11(10(3)5-8)14(6-12)7-13/h4-5,12-13H,6-7H2,1-3H3. The monoisotopic (exact) mass is 212 g/mol. The topological polar surface area (TPSA) is 40.5 Å². The molecule has 0 radical (unpaired) electrons. The molecule has 2 N–H and O–H groups in total. The maximum absolute atomic E-state index is 9.17. The minimum atomic E-state index is -0.794. The van der Waals surface area contributed by atoms with Crippen molar-refractivity contribution in [1.82, 2.24) is 0 Å². The van der Waals surface area contributed by atoms with Gasteiger partial charge in [-0.15, -0.1) is 0 Å². The fourth-order valence-corrected chi connectivity index (χ4v) is 3.36. The molecule has 0 atom stereocenters. The van der Waals surface area contributed by atoms with E-state index in [0.717, 1.165) is 5.30 Å². The van der Waals surface area contributed by atoms with Gasteiger partial charge in [-0.3, -0.25) is 0 Å². The van der Waals surface area contributed by atoms with E-state index in [9.17, 15) is 0 Å². The van der Waals surface area contributed by atoms with Gasteiger partial charge in [0.1, 0.15) is 0 Å². The van der Waals surface area contributed by atoms with Gasteiger partial charge in [0.15, 0.2) is 0 Å². The van der Waals surface area contributed by atoms with Crippen LogP contribution in [0.5, 0.6) is 0 Å². The SMILES string of the molecule is Cc1cc(C)c(P(CO)CO)c(C)c1.